The molecule has 2 atom stereocenters. The van der Waals surface area contributed by atoms with Crippen LogP contribution in [0.4, 0.5) is 0 Å². The molecule has 3 rings (SSSR count). The van der Waals surface area contributed by atoms with Gasteiger partial charge in [-0.2, -0.15) is 20.4 Å². The Labute approximate surface area is 166 Å². The van der Waals surface area contributed by atoms with Gasteiger partial charge < -0.3 is 0 Å². The Hall–Kier alpha value is -2.50. The lowest BCUT2D eigenvalue weighted by Gasteiger charge is -2.28. The smallest absolute Gasteiger partial charge is 0.138 e. The predicted octanol–water partition coefficient (Wildman–Crippen LogP) is 3.75. The molecule has 1 aliphatic rings. The van der Waals surface area contributed by atoms with E-state index >= 15 is 0 Å². The molecule has 0 aliphatic heterocycles. The van der Waals surface area contributed by atoms with E-state index in [0.29, 0.717) is 37.5 Å². The maximum Gasteiger partial charge on any atom is 0.138 e. The molecule has 28 heavy (non-hydrogen) atoms. The van der Waals surface area contributed by atoms with Crippen LogP contribution in [0.15, 0.2) is 24.3 Å². The van der Waals surface area contributed by atoms with Gasteiger partial charge in [-0.1, -0.05) is 20.3 Å². The van der Waals surface area contributed by atoms with E-state index in [9.17, 15) is 9.59 Å². The second-order valence-electron chi connectivity index (χ2n) is 7.60. The van der Waals surface area contributed by atoms with Crippen LogP contribution in [0.5, 0.6) is 0 Å². The van der Waals surface area contributed by atoms with Gasteiger partial charge in [0.05, 0.1) is 35.6 Å². The maximum absolute atomic E-state index is 11.6. The molecule has 2 heterocycles. The molecule has 2 aromatic heterocycles. The van der Waals surface area contributed by atoms with Gasteiger partial charge in [0.25, 0.3) is 0 Å². The topological polar surface area (TPSA) is 85.7 Å². The molecule has 6 nitrogen and oxygen atoms in total. The molecule has 0 unspecified atom stereocenters. The standard InChI is InChI=1S/C22H28N4O2/c1-3-19(27)13-17-8-10-21(25-23-17)15-6-5-7-16(12-15)22-11-9-18(24-26-22)14-20(28)4-2/h8-11,15-16H,3-7,12-14H2,1-2H3/t15-,16-/m0/s1. The van der Waals surface area contributed by atoms with Gasteiger partial charge in [0.2, 0.25) is 0 Å². The molecular formula is C22H28N4O2. The van der Waals surface area contributed by atoms with Crippen LogP contribution in [0, 0.1) is 0 Å². The Morgan fingerprint density at radius 2 is 1.25 bits per heavy atom. The highest BCUT2D eigenvalue weighted by molar-refractivity contribution is 5.80. The zero-order valence-electron chi connectivity index (χ0n) is 16.7. The van der Waals surface area contributed by atoms with E-state index in [-0.39, 0.29) is 11.6 Å². The minimum absolute atomic E-state index is 0.183. The fraction of sp³-hybridized carbons (Fsp3) is 0.545. The van der Waals surface area contributed by atoms with Gasteiger partial charge in [-0.05, 0) is 43.5 Å². The zero-order chi connectivity index (χ0) is 19.9. The molecule has 0 aromatic carbocycles. The molecule has 148 valence electrons. The first-order valence-corrected chi connectivity index (χ1v) is 10.3. The largest absolute Gasteiger partial charge is 0.299 e. The van der Waals surface area contributed by atoms with Crippen molar-refractivity contribution < 1.29 is 9.59 Å². The van der Waals surface area contributed by atoms with E-state index in [4.69, 9.17) is 0 Å². The van der Waals surface area contributed by atoms with Gasteiger partial charge in [-0.3, -0.25) is 9.59 Å². The van der Waals surface area contributed by atoms with Crippen molar-refractivity contribution in [2.75, 3.05) is 0 Å². The highest BCUT2D eigenvalue weighted by Crippen LogP contribution is 2.39. The average Bonchev–Trinajstić information content (AvgIpc) is 2.74. The summed E-state index contributed by atoms with van der Waals surface area (Å²) in [6.45, 7) is 3.73. The summed E-state index contributed by atoms with van der Waals surface area (Å²) in [4.78, 5) is 23.1. The van der Waals surface area contributed by atoms with Crippen molar-refractivity contribution in [1.82, 2.24) is 20.4 Å². The third kappa shape index (κ3) is 5.27. The fourth-order valence-corrected chi connectivity index (χ4v) is 3.75. The molecule has 0 N–H and O–H groups in total. The van der Waals surface area contributed by atoms with Crippen molar-refractivity contribution in [3.05, 3.63) is 47.0 Å². The fourth-order valence-electron chi connectivity index (χ4n) is 3.75. The number of hydrogen-bond donors (Lipinski definition) is 0. The second kappa shape index (κ2) is 9.62. The van der Waals surface area contributed by atoms with Crippen LogP contribution < -0.4 is 0 Å². The Morgan fingerprint density at radius 1 is 0.786 bits per heavy atom. The molecular weight excluding hydrogens is 352 g/mol. The molecule has 0 spiro atoms. The maximum atomic E-state index is 11.6. The lowest BCUT2D eigenvalue weighted by Crippen LogP contribution is -2.16. The van der Waals surface area contributed by atoms with Crippen molar-refractivity contribution in [2.45, 2.75) is 77.0 Å². The SMILES string of the molecule is CCC(=O)Cc1ccc([C@H]2CCC[C@H](c3ccc(CC(=O)CC)nn3)C2)nn1. The number of ketones is 2. The van der Waals surface area contributed by atoms with Crippen LogP contribution >= 0.6 is 0 Å². The number of nitrogens with zero attached hydrogens (tertiary/aromatic N) is 4. The molecule has 1 aliphatic carbocycles. The van der Waals surface area contributed by atoms with Crippen LogP contribution in [-0.4, -0.2) is 32.0 Å². The van der Waals surface area contributed by atoms with Crippen LogP contribution in [-0.2, 0) is 22.4 Å². The van der Waals surface area contributed by atoms with E-state index in [1.807, 2.05) is 38.1 Å². The molecule has 6 heteroatoms. The molecule has 2 aromatic rings. The summed E-state index contributed by atoms with van der Waals surface area (Å²) >= 11 is 0. The Bertz CT molecular complexity index is 735. The van der Waals surface area contributed by atoms with Gasteiger partial charge >= 0.3 is 0 Å². The van der Waals surface area contributed by atoms with Crippen LogP contribution in [0.1, 0.15) is 87.0 Å². The van der Waals surface area contributed by atoms with Gasteiger partial charge in [0, 0.05) is 24.7 Å². The summed E-state index contributed by atoms with van der Waals surface area (Å²) in [5.41, 5.74) is 3.48. The summed E-state index contributed by atoms with van der Waals surface area (Å²) in [5.74, 6) is 1.07. The predicted molar refractivity (Wildman–Crippen MR) is 106 cm³/mol. The first kappa shape index (κ1) is 20.2. The van der Waals surface area contributed by atoms with E-state index in [1.165, 1.54) is 0 Å². The number of carbonyl (C=O) groups is 2. The quantitative estimate of drug-likeness (QED) is 0.693. The Balaban J connectivity index is 1.63. The van der Waals surface area contributed by atoms with Crippen molar-refractivity contribution in [1.29, 1.82) is 0 Å². The third-order valence-corrected chi connectivity index (χ3v) is 5.54. The van der Waals surface area contributed by atoms with Crippen LogP contribution in [0.25, 0.3) is 0 Å². The summed E-state index contributed by atoms with van der Waals surface area (Å²) in [5, 5.41) is 17.3. The highest BCUT2D eigenvalue weighted by atomic mass is 16.1. The molecule has 0 amide bonds. The molecule has 0 radical (unpaired) electrons. The van der Waals surface area contributed by atoms with E-state index in [1.54, 1.807) is 0 Å². The summed E-state index contributed by atoms with van der Waals surface area (Å²) in [6, 6.07) is 7.89. The molecule has 0 bridgehead atoms. The van der Waals surface area contributed by atoms with E-state index in [0.717, 1.165) is 48.5 Å². The number of rotatable bonds is 8. The summed E-state index contributed by atoms with van der Waals surface area (Å²) < 4.78 is 0. The molecule has 0 saturated heterocycles. The van der Waals surface area contributed by atoms with Crippen molar-refractivity contribution >= 4 is 11.6 Å². The number of Topliss-reactive ketones (excluding diaryl/α,β-unsaturated/α-hetero) is 2. The summed E-state index contributed by atoms with van der Waals surface area (Å²) in [7, 11) is 0. The minimum Gasteiger partial charge on any atom is -0.299 e. The Kier molecular flexibility index (Phi) is 6.95. The van der Waals surface area contributed by atoms with Crippen molar-refractivity contribution in [2.24, 2.45) is 0 Å². The third-order valence-electron chi connectivity index (χ3n) is 5.54. The van der Waals surface area contributed by atoms with E-state index in [2.05, 4.69) is 20.4 Å². The minimum atomic E-state index is 0.183. The van der Waals surface area contributed by atoms with Crippen molar-refractivity contribution in [3.63, 3.8) is 0 Å². The van der Waals surface area contributed by atoms with Gasteiger partial charge in [-0.15, -0.1) is 0 Å². The molecule has 1 fully saturated rings. The van der Waals surface area contributed by atoms with E-state index < -0.39 is 0 Å². The second-order valence-corrected chi connectivity index (χ2v) is 7.60. The van der Waals surface area contributed by atoms with Gasteiger partial charge in [0.1, 0.15) is 11.6 Å². The number of hydrogen-bond acceptors (Lipinski definition) is 6. The Morgan fingerprint density at radius 3 is 1.61 bits per heavy atom. The lowest BCUT2D eigenvalue weighted by molar-refractivity contribution is -0.119. The zero-order valence-corrected chi connectivity index (χ0v) is 16.7. The lowest BCUT2D eigenvalue weighted by atomic mass is 9.78. The van der Waals surface area contributed by atoms with Gasteiger partial charge in [0.15, 0.2) is 0 Å². The number of aromatic nitrogens is 4. The monoisotopic (exact) mass is 380 g/mol. The highest BCUT2D eigenvalue weighted by Gasteiger charge is 2.26. The van der Waals surface area contributed by atoms with Crippen LogP contribution in [0.3, 0.4) is 0 Å². The van der Waals surface area contributed by atoms with Gasteiger partial charge in [-0.25, -0.2) is 0 Å². The molecule has 1 saturated carbocycles. The average molecular weight is 380 g/mol. The first-order chi connectivity index (χ1) is 13.6. The first-order valence-electron chi connectivity index (χ1n) is 10.3. The van der Waals surface area contributed by atoms with Crippen LogP contribution in [0.2, 0.25) is 0 Å². The number of carbonyl (C=O) groups excluding carboxylic acids is 2. The normalized spacial score (nSPS) is 19.4. The van der Waals surface area contributed by atoms with Crippen molar-refractivity contribution in [3.8, 4) is 0 Å². The summed E-state index contributed by atoms with van der Waals surface area (Å²) in [6.07, 6.45) is 6.05.